The average Bonchev–Trinajstić information content (AvgIpc) is 2.78. The standard InChI is InChI=1S/C19H20N2O2S/c1-2-23-13-10-8-12(9-11-13)17-20-18(22)16-14-6-4-3-5-7-15(14)24-19(16)21-17/h8-11H,2-7H2,1H3,(H,20,21,22). The maximum absolute atomic E-state index is 12.7. The second-order valence-corrected chi connectivity index (χ2v) is 7.20. The summed E-state index contributed by atoms with van der Waals surface area (Å²) in [6.45, 7) is 2.60. The molecule has 0 saturated carbocycles. The molecule has 124 valence electrons. The van der Waals surface area contributed by atoms with Crippen LogP contribution in [-0.4, -0.2) is 16.6 Å². The molecule has 3 aromatic rings. The molecule has 0 radical (unpaired) electrons. The number of rotatable bonds is 3. The van der Waals surface area contributed by atoms with Gasteiger partial charge in [0, 0.05) is 10.4 Å². The molecule has 0 bridgehead atoms. The second-order valence-electron chi connectivity index (χ2n) is 6.12. The van der Waals surface area contributed by atoms with E-state index in [1.54, 1.807) is 11.3 Å². The van der Waals surface area contributed by atoms with Crippen LogP contribution >= 0.6 is 11.3 Å². The first-order valence-corrected chi connectivity index (χ1v) is 9.35. The summed E-state index contributed by atoms with van der Waals surface area (Å²) in [7, 11) is 0. The number of aromatic nitrogens is 2. The smallest absolute Gasteiger partial charge is 0.260 e. The third-order valence-electron chi connectivity index (χ3n) is 4.51. The van der Waals surface area contributed by atoms with Crippen LogP contribution in [0.5, 0.6) is 5.75 Å². The van der Waals surface area contributed by atoms with Gasteiger partial charge in [0.25, 0.3) is 5.56 Å². The van der Waals surface area contributed by atoms with Crippen LogP contribution in [0.15, 0.2) is 29.1 Å². The van der Waals surface area contributed by atoms with Gasteiger partial charge in [-0.25, -0.2) is 4.98 Å². The monoisotopic (exact) mass is 340 g/mol. The Morgan fingerprint density at radius 2 is 1.96 bits per heavy atom. The second kappa shape index (κ2) is 6.40. The number of benzene rings is 1. The van der Waals surface area contributed by atoms with E-state index in [0.717, 1.165) is 34.4 Å². The number of hydrogen-bond acceptors (Lipinski definition) is 4. The number of nitrogens with zero attached hydrogens (tertiary/aromatic N) is 1. The lowest BCUT2D eigenvalue weighted by molar-refractivity contribution is 0.340. The van der Waals surface area contributed by atoms with Gasteiger partial charge in [-0.15, -0.1) is 11.3 Å². The normalized spacial score (nSPS) is 14.4. The Bertz CT molecular complexity index is 925. The SMILES string of the molecule is CCOc1ccc(-c2nc3sc4c(c3c(=O)[nH]2)CCCCC4)cc1. The fourth-order valence-electron chi connectivity index (χ4n) is 3.35. The quantitative estimate of drug-likeness (QED) is 0.723. The van der Waals surface area contributed by atoms with E-state index in [9.17, 15) is 4.79 Å². The van der Waals surface area contributed by atoms with E-state index in [-0.39, 0.29) is 5.56 Å². The lowest BCUT2D eigenvalue weighted by Gasteiger charge is -2.05. The van der Waals surface area contributed by atoms with E-state index in [0.29, 0.717) is 12.4 Å². The third kappa shape index (κ3) is 2.73. The summed E-state index contributed by atoms with van der Waals surface area (Å²) in [6, 6.07) is 7.70. The van der Waals surface area contributed by atoms with Gasteiger partial charge in [-0.1, -0.05) is 6.42 Å². The summed E-state index contributed by atoms with van der Waals surface area (Å²) in [5.74, 6) is 1.46. The van der Waals surface area contributed by atoms with Crippen molar-refractivity contribution in [2.75, 3.05) is 6.61 Å². The number of nitrogens with one attached hydrogen (secondary N) is 1. The van der Waals surface area contributed by atoms with Gasteiger partial charge in [-0.05, 0) is 62.4 Å². The average molecular weight is 340 g/mol. The maximum atomic E-state index is 12.7. The minimum atomic E-state index is -0.0108. The highest BCUT2D eigenvalue weighted by Crippen LogP contribution is 2.33. The van der Waals surface area contributed by atoms with Crippen molar-refractivity contribution in [3.05, 3.63) is 45.1 Å². The molecule has 4 nitrogen and oxygen atoms in total. The Morgan fingerprint density at radius 3 is 2.75 bits per heavy atom. The van der Waals surface area contributed by atoms with E-state index in [2.05, 4.69) is 4.98 Å². The summed E-state index contributed by atoms with van der Waals surface area (Å²) in [5.41, 5.74) is 2.13. The van der Waals surface area contributed by atoms with Crippen LogP contribution in [-0.2, 0) is 12.8 Å². The molecule has 24 heavy (non-hydrogen) atoms. The van der Waals surface area contributed by atoms with Crippen molar-refractivity contribution in [3.8, 4) is 17.1 Å². The summed E-state index contributed by atoms with van der Waals surface area (Å²) in [5, 5.41) is 0.812. The van der Waals surface area contributed by atoms with Crippen LogP contribution in [0.25, 0.3) is 21.6 Å². The van der Waals surface area contributed by atoms with Gasteiger partial charge < -0.3 is 9.72 Å². The van der Waals surface area contributed by atoms with Gasteiger partial charge in [0.05, 0.1) is 12.0 Å². The lowest BCUT2D eigenvalue weighted by Crippen LogP contribution is -2.10. The summed E-state index contributed by atoms with van der Waals surface area (Å²) in [4.78, 5) is 22.6. The fraction of sp³-hybridized carbons (Fsp3) is 0.368. The molecule has 1 aromatic carbocycles. The van der Waals surface area contributed by atoms with Crippen LogP contribution in [0, 0.1) is 0 Å². The van der Waals surface area contributed by atoms with Crippen LogP contribution in [0.2, 0.25) is 0 Å². The number of thiophene rings is 1. The number of ether oxygens (including phenoxy) is 1. The molecule has 0 amide bonds. The molecule has 1 aliphatic rings. The molecular formula is C19H20N2O2S. The Balaban J connectivity index is 1.79. The van der Waals surface area contributed by atoms with Crippen molar-refractivity contribution in [2.24, 2.45) is 0 Å². The molecule has 5 heteroatoms. The molecule has 0 saturated heterocycles. The minimum absolute atomic E-state index is 0.0108. The summed E-state index contributed by atoms with van der Waals surface area (Å²) >= 11 is 1.69. The first-order valence-electron chi connectivity index (χ1n) is 8.54. The van der Waals surface area contributed by atoms with Gasteiger partial charge in [-0.3, -0.25) is 4.79 Å². The molecule has 4 rings (SSSR count). The van der Waals surface area contributed by atoms with Gasteiger partial charge in [0.2, 0.25) is 0 Å². The van der Waals surface area contributed by atoms with Gasteiger partial charge >= 0.3 is 0 Å². The van der Waals surface area contributed by atoms with Gasteiger partial charge in [0.15, 0.2) is 0 Å². The van der Waals surface area contributed by atoms with Crippen LogP contribution in [0.3, 0.4) is 0 Å². The zero-order valence-electron chi connectivity index (χ0n) is 13.7. The van der Waals surface area contributed by atoms with Crippen molar-refractivity contribution in [1.82, 2.24) is 9.97 Å². The largest absolute Gasteiger partial charge is 0.494 e. The highest BCUT2D eigenvalue weighted by molar-refractivity contribution is 7.18. The maximum Gasteiger partial charge on any atom is 0.260 e. The first kappa shape index (κ1) is 15.4. The highest BCUT2D eigenvalue weighted by atomic mass is 32.1. The Kier molecular flexibility index (Phi) is 4.10. The van der Waals surface area contributed by atoms with Crippen molar-refractivity contribution in [3.63, 3.8) is 0 Å². The van der Waals surface area contributed by atoms with E-state index in [1.807, 2.05) is 31.2 Å². The minimum Gasteiger partial charge on any atom is -0.494 e. The molecular weight excluding hydrogens is 320 g/mol. The number of aromatic amines is 1. The first-order chi connectivity index (χ1) is 11.8. The molecule has 0 unspecified atom stereocenters. The topological polar surface area (TPSA) is 55.0 Å². The summed E-state index contributed by atoms with van der Waals surface area (Å²) < 4.78 is 5.47. The Labute approximate surface area is 144 Å². The van der Waals surface area contributed by atoms with E-state index in [1.165, 1.54) is 29.7 Å². The van der Waals surface area contributed by atoms with E-state index < -0.39 is 0 Å². The van der Waals surface area contributed by atoms with Crippen LogP contribution in [0.1, 0.15) is 36.6 Å². The summed E-state index contributed by atoms with van der Waals surface area (Å²) in [6.07, 6.45) is 5.71. The van der Waals surface area contributed by atoms with Crippen molar-refractivity contribution in [1.29, 1.82) is 0 Å². The molecule has 0 fully saturated rings. The van der Waals surface area contributed by atoms with E-state index >= 15 is 0 Å². The lowest BCUT2D eigenvalue weighted by atomic mass is 10.1. The number of H-pyrrole nitrogens is 1. The number of aryl methyl sites for hydroxylation is 2. The van der Waals surface area contributed by atoms with E-state index in [4.69, 9.17) is 9.72 Å². The number of fused-ring (bicyclic) bond motifs is 3. The zero-order valence-corrected chi connectivity index (χ0v) is 14.5. The Hall–Kier alpha value is -2.14. The Morgan fingerprint density at radius 1 is 1.17 bits per heavy atom. The van der Waals surface area contributed by atoms with Crippen LogP contribution < -0.4 is 10.3 Å². The molecule has 0 spiro atoms. The van der Waals surface area contributed by atoms with Gasteiger partial charge in [0.1, 0.15) is 16.4 Å². The van der Waals surface area contributed by atoms with Crippen LogP contribution in [0.4, 0.5) is 0 Å². The molecule has 2 aromatic heterocycles. The molecule has 0 atom stereocenters. The zero-order chi connectivity index (χ0) is 16.5. The van der Waals surface area contributed by atoms with Crippen molar-refractivity contribution in [2.45, 2.75) is 39.0 Å². The molecule has 1 N–H and O–H groups in total. The predicted octanol–water partition coefficient (Wildman–Crippen LogP) is 4.32. The van der Waals surface area contributed by atoms with Crippen molar-refractivity contribution >= 4 is 21.6 Å². The van der Waals surface area contributed by atoms with Crippen molar-refractivity contribution < 1.29 is 4.74 Å². The third-order valence-corrected chi connectivity index (χ3v) is 5.70. The van der Waals surface area contributed by atoms with Gasteiger partial charge in [-0.2, -0.15) is 0 Å². The fourth-order valence-corrected chi connectivity index (χ4v) is 4.62. The highest BCUT2D eigenvalue weighted by Gasteiger charge is 2.19. The number of hydrogen-bond donors (Lipinski definition) is 1. The molecule has 1 aliphatic carbocycles. The molecule has 2 heterocycles. The predicted molar refractivity (Wildman–Crippen MR) is 98.1 cm³/mol. The molecule has 0 aliphatic heterocycles.